The predicted octanol–water partition coefficient (Wildman–Crippen LogP) is 6.20. The van der Waals surface area contributed by atoms with Gasteiger partial charge >= 0.3 is 0 Å². The second-order valence-corrected chi connectivity index (χ2v) is 7.65. The van der Waals surface area contributed by atoms with Gasteiger partial charge in [-0.15, -0.1) is 0 Å². The Balaban J connectivity index is 1.90. The van der Waals surface area contributed by atoms with E-state index in [4.69, 9.17) is 0 Å². The van der Waals surface area contributed by atoms with Crippen LogP contribution in [0.2, 0.25) is 0 Å². The molecule has 1 aliphatic rings. The van der Waals surface area contributed by atoms with Crippen LogP contribution >= 0.6 is 0 Å². The highest BCUT2D eigenvalue weighted by Crippen LogP contribution is 2.39. The molecule has 0 amide bonds. The van der Waals surface area contributed by atoms with Crippen LogP contribution in [-0.4, -0.2) is 0 Å². The highest BCUT2D eigenvalue weighted by atomic mass is 14.9. The van der Waals surface area contributed by atoms with Crippen molar-refractivity contribution < 1.29 is 4.57 Å². The molecule has 0 unspecified atom stereocenters. The van der Waals surface area contributed by atoms with Crippen molar-refractivity contribution >= 4 is 0 Å². The highest BCUT2D eigenvalue weighted by molar-refractivity contribution is 5.70. The quantitative estimate of drug-likeness (QED) is 0.499. The Labute approximate surface area is 157 Å². The maximum absolute atomic E-state index is 2.47. The van der Waals surface area contributed by atoms with Crippen molar-refractivity contribution in [2.45, 2.75) is 44.9 Å². The van der Waals surface area contributed by atoms with Crippen LogP contribution in [-0.2, 0) is 7.05 Å². The summed E-state index contributed by atoms with van der Waals surface area (Å²) in [4.78, 5) is 0. The number of rotatable bonds is 3. The fourth-order valence-corrected chi connectivity index (χ4v) is 4.40. The third-order valence-electron chi connectivity index (χ3n) is 5.86. The molecule has 2 aromatic carbocycles. The average Bonchev–Trinajstić information content (AvgIpc) is 2.70. The van der Waals surface area contributed by atoms with Crippen LogP contribution in [0.25, 0.3) is 22.4 Å². The Bertz CT molecular complexity index is 889. The number of pyridine rings is 1. The summed E-state index contributed by atoms with van der Waals surface area (Å²) < 4.78 is 2.30. The van der Waals surface area contributed by atoms with Gasteiger partial charge in [-0.2, -0.15) is 0 Å². The van der Waals surface area contributed by atoms with E-state index in [1.807, 2.05) is 0 Å². The molecular weight excluding hydrogens is 314 g/mol. The minimum Gasteiger partial charge on any atom is -0.200 e. The summed E-state index contributed by atoms with van der Waals surface area (Å²) in [6.07, 6.45) is 9.10. The van der Waals surface area contributed by atoms with E-state index in [1.54, 1.807) is 0 Å². The van der Waals surface area contributed by atoms with E-state index < -0.39 is 0 Å². The third-order valence-corrected chi connectivity index (χ3v) is 5.86. The van der Waals surface area contributed by atoms with E-state index in [2.05, 4.69) is 85.4 Å². The lowest BCUT2D eigenvalue weighted by Gasteiger charge is -2.24. The van der Waals surface area contributed by atoms with E-state index in [-0.39, 0.29) is 0 Å². The monoisotopic (exact) mass is 342 g/mol. The van der Waals surface area contributed by atoms with Crippen LogP contribution in [0, 0.1) is 6.92 Å². The second kappa shape index (κ2) is 7.45. The minimum atomic E-state index is 0.683. The van der Waals surface area contributed by atoms with Gasteiger partial charge in [-0.25, -0.2) is 4.57 Å². The van der Waals surface area contributed by atoms with Crippen molar-refractivity contribution in [1.29, 1.82) is 0 Å². The van der Waals surface area contributed by atoms with Gasteiger partial charge in [0, 0.05) is 17.2 Å². The van der Waals surface area contributed by atoms with Crippen LogP contribution < -0.4 is 4.57 Å². The van der Waals surface area contributed by atoms with Crippen molar-refractivity contribution in [2.24, 2.45) is 7.05 Å². The number of nitrogens with zero attached hydrogens (tertiary/aromatic N) is 1. The molecule has 0 bridgehead atoms. The van der Waals surface area contributed by atoms with Gasteiger partial charge in [0.1, 0.15) is 7.05 Å². The lowest BCUT2D eigenvalue weighted by molar-refractivity contribution is -0.660. The number of benzene rings is 2. The van der Waals surface area contributed by atoms with E-state index in [0.29, 0.717) is 5.92 Å². The average molecular weight is 343 g/mol. The molecule has 0 aliphatic heterocycles. The zero-order chi connectivity index (χ0) is 17.9. The van der Waals surface area contributed by atoms with Gasteiger partial charge in [-0.1, -0.05) is 67.8 Å². The highest BCUT2D eigenvalue weighted by Gasteiger charge is 2.24. The Morgan fingerprint density at radius 1 is 0.808 bits per heavy atom. The molecule has 1 aliphatic carbocycles. The smallest absolute Gasteiger partial charge is 0.200 e. The molecule has 4 rings (SSSR count). The maximum Gasteiger partial charge on any atom is 0.212 e. The molecule has 1 nitrogen and oxygen atoms in total. The molecule has 1 heterocycles. The first kappa shape index (κ1) is 17.0. The fourth-order valence-electron chi connectivity index (χ4n) is 4.40. The van der Waals surface area contributed by atoms with Crippen molar-refractivity contribution in [3.8, 4) is 22.4 Å². The number of hydrogen-bond donors (Lipinski definition) is 0. The lowest BCUT2D eigenvalue weighted by Crippen LogP contribution is -2.32. The molecule has 0 N–H and O–H groups in total. The molecule has 0 radical (unpaired) electrons. The summed E-state index contributed by atoms with van der Waals surface area (Å²) in [7, 11) is 2.18. The summed E-state index contributed by atoms with van der Waals surface area (Å²) in [6, 6.07) is 22.1. The maximum atomic E-state index is 2.47. The van der Waals surface area contributed by atoms with Gasteiger partial charge in [0.05, 0.1) is 0 Å². The van der Waals surface area contributed by atoms with Gasteiger partial charge in [-0.3, -0.25) is 0 Å². The zero-order valence-corrected chi connectivity index (χ0v) is 15.9. The molecule has 1 aromatic heterocycles. The summed E-state index contributed by atoms with van der Waals surface area (Å²) in [6.45, 7) is 2.21. The van der Waals surface area contributed by atoms with E-state index in [1.165, 1.54) is 65.6 Å². The van der Waals surface area contributed by atoms with Crippen molar-refractivity contribution in [1.82, 2.24) is 0 Å². The summed E-state index contributed by atoms with van der Waals surface area (Å²) in [5.41, 5.74) is 8.27. The minimum absolute atomic E-state index is 0.683. The molecule has 1 saturated carbocycles. The fraction of sp³-hybridized carbons (Fsp3) is 0.320. The predicted molar refractivity (Wildman–Crippen MR) is 109 cm³/mol. The van der Waals surface area contributed by atoms with Crippen LogP contribution in [0.5, 0.6) is 0 Å². The zero-order valence-electron chi connectivity index (χ0n) is 15.9. The number of hydrogen-bond acceptors (Lipinski definition) is 0. The van der Waals surface area contributed by atoms with E-state index in [9.17, 15) is 0 Å². The molecule has 1 fully saturated rings. The third kappa shape index (κ3) is 3.31. The van der Waals surface area contributed by atoms with Crippen LogP contribution in [0.3, 0.4) is 0 Å². The SMILES string of the molecule is Cc1ccccc1-c1cc(C2CCCCC2)c(-c2ccccc2)c[n+]1C. The van der Waals surface area contributed by atoms with Gasteiger partial charge in [-0.05, 0) is 48.4 Å². The van der Waals surface area contributed by atoms with Gasteiger partial charge < -0.3 is 0 Å². The second-order valence-electron chi connectivity index (χ2n) is 7.65. The first-order valence-electron chi connectivity index (χ1n) is 9.89. The lowest BCUT2D eigenvalue weighted by atomic mass is 9.80. The first-order chi connectivity index (χ1) is 12.7. The van der Waals surface area contributed by atoms with E-state index >= 15 is 0 Å². The van der Waals surface area contributed by atoms with Gasteiger partial charge in [0.15, 0.2) is 6.20 Å². The van der Waals surface area contributed by atoms with Crippen LogP contribution in [0.15, 0.2) is 66.9 Å². The van der Waals surface area contributed by atoms with Crippen LogP contribution in [0.4, 0.5) is 0 Å². The Morgan fingerprint density at radius 2 is 1.50 bits per heavy atom. The normalized spacial score (nSPS) is 15.2. The van der Waals surface area contributed by atoms with E-state index in [0.717, 1.165) is 0 Å². The molecule has 132 valence electrons. The van der Waals surface area contributed by atoms with Crippen molar-refractivity contribution in [2.75, 3.05) is 0 Å². The Kier molecular flexibility index (Phi) is 4.88. The molecule has 26 heavy (non-hydrogen) atoms. The number of aromatic nitrogens is 1. The Morgan fingerprint density at radius 3 is 2.23 bits per heavy atom. The molecule has 0 saturated heterocycles. The largest absolute Gasteiger partial charge is 0.212 e. The summed E-state index contributed by atoms with van der Waals surface area (Å²) in [5.74, 6) is 0.683. The number of aryl methyl sites for hydroxylation is 2. The summed E-state index contributed by atoms with van der Waals surface area (Å²) >= 11 is 0. The van der Waals surface area contributed by atoms with Crippen molar-refractivity contribution in [3.63, 3.8) is 0 Å². The molecule has 1 heteroatoms. The first-order valence-corrected chi connectivity index (χ1v) is 9.89. The summed E-state index contributed by atoms with van der Waals surface area (Å²) in [5, 5.41) is 0. The molecule has 0 spiro atoms. The molecular formula is C25H28N+. The standard InChI is InChI=1S/C25H28N/c1-19-11-9-10-16-22(19)25-17-23(20-12-5-3-6-13-20)24(18-26(25)2)21-14-7-4-8-15-21/h4,7-11,14-18,20H,3,5-6,12-13H2,1-2H3/q+1. The molecule has 3 aromatic rings. The topological polar surface area (TPSA) is 3.88 Å². The van der Waals surface area contributed by atoms with Crippen LogP contribution in [0.1, 0.15) is 49.1 Å². The van der Waals surface area contributed by atoms with Crippen molar-refractivity contribution in [3.05, 3.63) is 78.0 Å². The Hall–Kier alpha value is -2.41. The molecule has 0 atom stereocenters. The van der Waals surface area contributed by atoms with Gasteiger partial charge in [0.2, 0.25) is 5.69 Å². The van der Waals surface area contributed by atoms with Gasteiger partial charge in [0.25, 0.3) is 0 Å².